The molecule has 0 aliphatic carbocycles. The van der Waals surface area contributed by atoms with Crippen LogP contribution in [0.4, 0.5) is 5.69 Å². The second kappa shape index (κ2) is 7.85. The number of nitrogens with one attached hydrogen (secondary N) is 1. The SMILES string of the molecule is O=C(C[n+]1ccc(C(=O)c2ccccc2)cc1)Nc1ccc(Br)cc1. The Labute approximate surface area is 154 Å². The summed E-state index contributed by atoms with van der Waals surface area (Å²) in [5.41, 5.74) is 1.98. The molecule has 5 heteroatoms. The number of hydrogen-bond donors (Lipinski definition) is 1. The van der Waals surface area contributed by atoms with Crippen molar-refractivity contribution in [1.82, 2.24) is 0 Å². The summed E-state index contributed by atoms with van der Waals surface area (Å²) in [7, 11) is 0. The molecule has 1 heterocycles. The Morgan fingerprint density at radius 2 is 1.44 bits per heavy atom. The van der Waals surface area contributed by atoms with Gasteiger partial charge in [0.05, 0.1) is 0 Å². The van der Waals surface area contributed by atoms with Gasteiger partial charge >= 0.3 is 0 Å². The molecule has 0 saturated heterocycles. The van der Waals surface area contributed by atoms with Crippen molar-refractivity contribution in [3.63, 3.8) is 0 Å². The molecule has 124 valence electrons. The van der Waals surface area contributed by atoms with E-state index in [4.69, 9.17) is 0 Å². The van der Waals surface area contributed by atoms with Crippen molar-refractivity contribution in [3.05, 3.63) is 94.7 Å². The second-order valence-corrected chi connectivity index (χ2v) is 6.43. The third-order valence-corrected chi connectivity index (χ3v) is 4.17. The van der Waals surface area contributed by atoms with E-state index in [2.05, 4.69) is 21.2 Å². The number of amides is 1. The quantitative estimate of drug-likeness (QED) is 0.529. The summed E-state index contributed by atoms with van der Waals surface area (Å²) in [5.74, 6) is -0.165. The minimum absolute atomic E-state index is 0.0351. The number of carbonyl (C=O) groups is 2. The first-order valence-corrected chi connectivity index (χ1v) is 8.55. The first kappa shape index (κ1) is 17.0. The summed E-state index contributed by atoms with van der Waals surface area (Å²) in [6.45, 7) is 0.176. The summed E-state index contributed by atoms with van der Waals surface area (Å²) in [5, 5.41) is 2.83. The zero-order valence-electron chi connectivity index (χ0n) is 13.4. The van der Waals surface area contributed by atoms with E-state index < -0.39 is 0 Å². The lowest BCUT2D eigenvalue weighted by atomic mass is 10.0. The zero-order valence-corrected chi connectivity index (χ0v) is 14.9. The molecule has 1 amide bonds. The Kier molecular flexibility index (Phi) is 5.36. The number of nitrogens with zero attached hydrogens (tertiary/aromatic N) is 1. The standard InChI is InChI=1S/C20H15BrN2O2/c21-17-6-8-18(9-7-17)22-19(24)14-23-12-10-16(11-13-23)20(25)15-4-2-1-3-5-15/h1-13H,14H2/p+1. The molecule has 0 bridgehead atoms. The smallest absolute Gasteiger partial charge is 0.290 e. The molecular formula is C20H16BrN2O2+. The van der Waals surface area contributed by atoms with Crippen molar-refractivity contribution in [1.29, 1.82) is 0 Å². The minimum atomic E-state index is -0.130. The van der Waals surface area contributed by atoms with Crippen LogP contribution in [0.5, 0.6) is 0 Å². The van der Waals surface area contributed by atoms with Gasteiger partial charge in [0.2, 0.25) is 6.54 Å². The number of hydrogen-bond acceptors (Lipinski definition) is 2. The molecule has 1 N–H and O–H groups in total. The van der Waals surface area contributed by atoms with Gasteiger partial charge in [-0.1, -0.05) is 46.3 Å². The summed E-state index contributed by atoms with van der Waals surface area (Å²) in [4.78, 5) is 24.5. The third-order valence-electron chi connectivity index (χ3n) is 3.64. The Bertz CT molecular complexity index is 876. The van der Waals surface area contributed by atoms with Gasteiger partial charge in [-0.3, -0.25) is 9.59 Å². The zero-order chi connectivity index (χ0) is 17.6. The molecule has 3 aromatic rings. The van der Waals surface area contributed by atoms with Gasteiger partial charge in [-0.15, -0.1) is 0 Å². The number of anilines is 1. The lowest BCUT2D eigenvalue weighted by molar-refractivity contribution is -0.684. The average Bonchev–Trinajstić information content (AvgIpc) is 2.64. The minimum Gasteiger partial charge on any atom is -0.321 e. The van der Waals surface area contributed by atoms with Crippen LogP contribution in [-0.2, 0) is 11.3 Å². The predicted octanol–water partition coefficient (Wildman–Crippen LogP) is 3.61. The number of rotatable bonds is 5. The Hall–Kier alpha value is -2.79. The molecule has 0 saturated carbocycles. The van der Waals surface area contributed by atoms with Gasteiger partial charge in [0.15, 0.2) is 18.2 Å². The van der Waals surface area contributed by atoms with Gasteiger partial charge in [-0.05, 0) is 24.3 Å². The molecule has 0 unspecified atom stereocenters. The molecule has 2 aromatic carbocycles. The van der Waals surface area contributed by atoms with Crippen LogP contribution >= 0.6 is 15.9 Å². The average molecular weight is 396 g/mol. The summed E-state index contributed by atoms with van der Waals surface area (Å²) >= 11 is 3.36. The third kappa shape index (κ3) is 4.61. The van der Waals surface area contributed by atoms with Gasteiger partial charge in [-0.2, -0.15) is 4.57 Å². The maximum atomic E-state index is 12.4. The molecule has 3 rings (SSSR count). The number of ketones is 1. The van der Waals surface area contributed by atoms with Gasteiger partial charge in [0.1, 0.15) is 0 Å². The number of pyridine rings is 1. The van der Waals surface area contributed by atoms with Crippen molar-refractivity contribution < 1.29 is 14.2 Å². The van der Waals surface area contributed by atoms with E-state index >= 15 is 0 Å². The van der Waals surface area contributed by atoms with E-state index in [1.165, 1.54) is 0 Å². The lowest BCUT2D eigenvalue weighted by Crippen LogP contribution is -2.39. The van der Waals surface area contributed by atoms with Crippen molar-refractivity contribution in [2.24, 2.45) is 0 Å². The normalized spacial score (nSPS) is 10.3. The maximum absolute atomic E-state index is 12.4. The monoisotopic (exact) mass is 395 g/mol. The van der Waals surface area contributed by atoms with Gasteiger partial charge < -0.3 is 5.32 Å². The number of carbonyl (C=O) groups excluding carboxylic acids is 2. The first-order valence-electron chi connectivity index (χ1n) is 7.76. The van der Waals surface area contributed by atoms with Crippen molar-refractivity contribution in [2.45, 2.75) is 6.54 Å². The van der Waals surface area contributed by atoms with Gasteiger partial charge in [0.25, 0.3) is 5.91 Å². The molecule has 0 fully saturated rings. The van der Waals surface area contributed by atoms with E-state index in [-0.39, 0.29) is 18.2 Å². The molecule has 0 spiro atoms. The van der Waals surface area contributed by atoms with Crippen molar-refractivity contribution >= 4 is 33.3 Å². The van der Waals surface area contributed by atoms with Crippen molar-refractivity contribution in [3.8, 4) is 0 Å². The molecule has 0 atom stereocenters. The topological polar surface area (TPSA) is 50.0 Å². The molecule has 4 nitrogen and oxygen atoms in total. The predicted molar refractivity (Wildman–Crippen MR) is 99.3 cm³/mol. The summed E-state index contributed by atoms with van der Waals surface area (Å²) < 4.78 is 2.69. The van der Waals surface area contributed by atoms with Crippen LogP contribution in [0.2, 0.25) is 0 Å². The van der Waals surface area contributed by atoms with Crippen LogP contribution in [0.3, 0.4) is 0 Å². The van der Waals surface area contributed by atoms with E-state index in [9.17, 15) is 9.59 Å². The Morgan fingerprint density at radius 1 is 0.840 bits per heavy atom. The van der Waals surface area contributed by atoms with Crippen LogP contribution in [0, 0.1) is 0 Å². The van der Waals surface area contributed by atoms with Crippen LogP contribution in [0.1, 0.15) is 15.9 Å². The van der Waals surface area contributed by atoms with E-state index in [1.54, 1.807) is 41.2 Å². The number of benzene rings is 2. The van der Waals surface area contributed by atoms with Crippen LogP contribution in [-0.4, -0.2) is 11.7 Å². The fourth-order valence-corrected chi connectivity index (χ4v) is 2.63. The molecule has 0 aliphatic heterocycles. The van der Waals surface area contributed by atoms with E-state index in [0.29, 0.717) is 11.1 Å². The summed E-state index contributed by atoms with van der Waals surface area (Å²) in [6, 6.07) is 20.0. The van der Waals surface area contributed by atoms with Crippen LogP contribution < -0.4 is 9.88 Å². The lowest BCUT2D eigenvalue weighted by Gasteiger charge is -2.04. The molecular weight excluding hydrogens is 380 g/mol. The Morgan fingerprint density at radius 3 is 2.08 bits per heavy atom. The molecule has 0 aliphatic rings. The number of halogens is 1. The van der Waals surface area contributed by atoms with Crippen LogP contribution in [0.15, 0.2) is 83.6 Å². The van der Waals surface area contributed by atoms with Gasteiger partial charge in [0, 0.05) is 33.4 Å². The fourth-order valence-electron chi connectivity index (χ4n) is 2.37. The largest absolute Gasteiger partial charge is 0.321 e. The second-order valence-electron chi connectivity index (χ2n) is 5.51. The molecule has 25 heavy (non-hydrogen) atoms. The molecule has 0 radical (unpaired) electrons. The number of aromatic nitrogens is 1. The fraction of sp³-hybridized carbons (Fsp3) is 0.0500. The maximum Gasteiger partial charge on any atom is 0.290 e. The molecule has 1 aromatic heterocycles. The van der Waals surface area contributed by atoms with E-state index in [0.717, 1.165) is 10.2 Å². The van der Waals surface area contributed by atoms with Crippen LogP contribution in [0.25, 0.3) is 0 Å². The highest BCUT2D eigenvalue weighted by atomic mass is 79.9. The highest BCUT2D eigenvalue weighted by Crippen LogP contribution is 2.14. The van der Waals surface area contributed by atoms with Crippen molar-refractivity contribution in [2.75, 3.05) is 5.32 Å². The Balaban J connectivity index is 1.63. The highest BCUT2D eigenvalue weighted by molar-refractivity contribution is 9.10. The first-order chi connectivity index (χ1) is 12.1. The van der Waals surface area contributed by atoms with Gasteiger partial charge in [-0.25, -0.2) is 0 Å². The highest BCUT2D eigenvalue weighted by Gasteiger charge is 2.13. The summed E-state index contributed by atoms with van der Waals surface area (Å²) in [6.07, 6.45) is 3.47. The van der Waals surface area contributed by atoms with E-state index in [1.807, 2.05) is 42.5 Å².